The predicted molar refractivity (Wildman–Crippen MR) is 150 cm³/mol. The third-order valence-corrected chi connectivity index (χ3v) is 7.67. The van der Waals surface area contributed by atoms with E-state index in [1.54, 1.807) is 11.8 Å². The van der Waals surface area contributed by atoms with Crippen LogP contribution in [0.5, 0.6) is 0 Å². The molecular weight excluding hydrogens is 466 g/mol. The summed E-state index contributed by atoms with van der Waals surface area (Å²) in [6.07, 6.45) is 1.13. The zero-order valence-corrected chi connectivity index (χ0v) is 23.8. The lowest BCUT2D eigenvalue weighted by Crippen LogP contribution is -2.47. The number of benzene rings is 1. The first-order valence-electron chi connectivity index (χ1n) is 13.0. The summed E-state index contributed by atoms with van der Waals surface area (Å²) in [6, 6.07) is 12.4. The van der Waals surface area contributed by atoms with Gasteiger partial charge in [-0.15, -0.1) is 10.2 Å². The van der Waals surface area contributed by atoms with Crippen molar-refractivity contribution in [2.75, 3.05) is 43.4 Å². The van der Waals surface area contributed by atoms with Gasteiger partial charge in [-0.3, -0.25) is 4.90 Å². The molecule has 7 nitrogen and oxygen atoms in total. The highest BCUT2D eigenvalue weighted by atomic mass is 32.2. The first-order chi connectivity index (χ1) is 17.0. The van der Waals surface area contributed by atoms with Gasteiger partial charge < -0.3 is 9.47 Å². The summed E-state index contributed by atoms with van der Waals surface area (Å²) in [5, 5.41) is 9.79. The van der Waals surface area contributed by atoms with Crippen LogP contribution in [-0.2, 0) is 17.9 Å². The van der Waals surface area contributed by atoms with Gasteiger partial charge in [0.15, 0.2) is 11.0 Å². The van der Waals surface area contributed by atoms with E-state index in [1.807, 2.05) is 25.2 Å². The third kappa shape index (κ3) is 6.45. The van der Waals surface area contributed by atoms with Crippen molar-refractivity contribution in [3.05, 3.63) is 47.9 Å². The molecule has 0 atom stereocenters. The van der Waals surface area contributed by atoms with E-state index >= 15 is 0 Å². The molecule has 4 rings (SSSR count). The lowest BCUT2D eigenvalue weighted by molar-refractivity contribution is 0.258. The van der Waals surface area contributed by atoms with Gasteiger partial charge in [-0.25, -0.2) is 9.97 Å². The average Bonchev–Trinajstić information content (AvgIpc) is 3.21. The van der Waals surface area contributed by atoms with Gasteiger partial charge in [-0.05, 0) is 13.0 Å². The van der Waals surface area contributed by atoms with E-state index in [0.29, 0.717) is 0 Å². The number of aromatic nitrogens is 5. The number of anilines is 1. The summed E-state index contributed by atoms with van der Waals surface area (Å²) in [5.74, 6) is 3.97. The molecule has 1 fully saturated rings. The van der Waals surface area contributed by atoms with Gasteiger partial charge >= 0.3 is 0 Å². The van der Waals surface area contributed by atoms with E-state index in [-0.39, 0.29) is 10.8 Å². The quantitative estimate of drug-likeness (QED) is 0.323. The molecule has 0 N–H and O–H groups in total. The molecule has 1 aliphatic heterocycles. The SMILES string of the molecule is Cn1c(SCCCN2CCN(c3cc(C(C)(C)C)nc(C(C)(C)C)n3)CC2)nnc1-c1ccccc1. The molecular formula is C28H41N7S. The Morgan fingerprint density at radius 3 is 2.19 bits per heavy atom. The molecule has 194 valence electrons. The summed E-state index contributed by atoms with van der Waals surface area (Å²) >= 11 is 1.79. The largest absolute Gasteiger partial charge is 0.354 e. The fourth-order valence-corrected chi connectivity index (χ4v) is 5.08. The minimum Gasteiger partial charge on any atom is -0.354 e. The Morgan fingerprint density at radius 2 is 1.56 bits per heavy atom. The molecule has 0 spiro atoms. The van der Waals surface area contributed by atoms with Gasteiger partial charge in [0.2, 0.25) is 0 Å². The van der Waals surface area contributed by atoms with E-state index in [4.69, 9.17) is 9.97 Å². The van der Waals surface area contributed by atoms with Crippen LogP contribution in [0, 0.1) is 0 Å². The molecule has 3 heterocycles. The normalized spacial score (nSPS) is 15.5. The van der Waals surface area contributed by atoms with Crippen LogP contribution in [0.25, 0.3) is 11.4 Å². The minimum atomic E-state index is -0.0694. The smallest absolute Gasteiger partial charge is 0.191 e. The van der Waals surface area contributed by atoms with Crippen molar-refractivity contribution in [2.24, 2.45) is 7.05 Å². The monoisotopic (exact) mass is 507 g/mol. The third-order valence-electron chi connectivity index (χ3n) is 6.56. The molecule has 0 unspecified atom stereocenters. The summed E-state index contributed by atoms with van der Waals surface area (Å²) in [5.41, 5.74) is 2.16. The zero-order valence-electron chi connectivity index (χ0n) is 23.0. The zero-order chi connectivity index (χ0) is 25.9. The summed E-state index contributed by atoms with van der Waals surface area (Å²) in [4.78, 5) is 14.9. The Morgan fingerprint density at radius 1 is 0.861 bits per heavy atom. The Kier molecular flexibility index (Phi) is 8.05. The maximum absolute atomic E-state index is 4.99. The molecule has 3 aromatic rings. The van der Waals surface area contributed by atoms with Gasteiger partial charge in [0.05, 0.1) is 5.69 Å². The van der Waals surface area contributed by atoms with Crippen LogP contribution in [0.3, 0.4) is 0 Å². The highest BCUT2D eigenvalue weighted by molar-refractivity contribution is 7.99. The van der Waals surface area contributed by atoms with Crippen LogP contribution in [-0.4, -0.2) is 68.1 Å². The average molecular weight is 508 g/mol. The van der Waals surface area contributed by atoms with Crippen LogP contribution in [0.2, 0.25) is 0 Å². The molecule has 36 heavy (non-hydrogen) atoms. The number of thioether (sulfide) groups is 1. The molecule has 0 aliphatic carbocycles. The molecule has 8 heteroatoms. The van der Waals surface area contributed by atoms with Crippen LogP contribution >= 0.6 is 11.8 Å². The van der Waals surface area contributed by atoms with Crippen molar-refractivity contribution in [3.63, 3.8) is 0 Å². The minimum absolute atomic E-state index is 0.00175. The van der Waals surface area contributed by atoms with Gasteiger partial charge in [-0.1, -0.05) is 83.6 Å². The van der Waals surface area contributed by atoms with E-state index < -0.39 is 0 Å². The summed E-state index contributed by atoms with van der Waals surface area (Å²) < 4.78 is 2.10. The van der Waals surface area contributed by atoms with Crippen LogP contribution < -0.4 is 4.90 Å². The van der Waals surface area contributed by atoms with Crippen LogP contribution in [0.15, 0.2) is 41.6 Å². The maximum atomic E-state index is 4.99. The maximum Gasteiger partial charge on any atom is 0.191 e. The molecule has 1 aromatic carbocycles. The highest BCUT2D eigenvalue weighted by Crippen LogP contribution is 2.29. The molecule has 0 bridgehead atoms. The van der Waals surface area contributed by atoms with E-state index in [0.717, 1.165) is 78.8 Å². The Bertz CT molecular complexity index is 1100. The van der Waals surface area contributed by atoms with E-state index in [2.05, 4.69) is 84.3 Å². The van der Waals surface area contributed by atoms with E-state index in [1.165, 1.54) is 0 Å². The Hall–Kier alpha value is -2.45. The number of hydrogen-bond donors (Lipinski definition) is 0. The van der Waals surface area contributed by atoms with Crippen LogP contribution in [0.4, 0.5) is 5.82 Å². The second kappa shape index (κ2) is 10.9. The summed E-state index contributed by atoms with van der Waals surface area (Å²) in [6.45, 7) is 18.5. The molecule has 0 saturated carbocycles. The Labute approximate surface area is 220 Å². The standard InChI is InChI=1S/C28H41N7S/c1-27(2,3)22-20-23(30-25(29-22)28(4,5)6)35-17-15-34(16-18-35)14-11-19-36-26-32-31-24(33(26)7)21-12-9-8-10-13-21/h8-10,12-13,20H,11,14-19H2,1-7H3. The summed E-state index contributed by atoms with van der Waals surface area (Å²) in [7, 11) is 2.05. The fraction of sp³-hybridized carbons (Fsp3) is 0.571. The van der Waals surface area contributed by atoms with Crippen molar-refractivity contribution in [3.8, 4) is 11.4 Å². The van der Waals surface area contributed by atoms with Crippen LogP contribution in [0.1, 0.15) is 59.5 Å². The number of piperazine rings is 1. The Balaban J connectivity index is 1.28. The molecule has 0 radical (unpaired) electrons. The number of hydrogen-bond acceptors (Lipinski definition) is 7. The molecule has 1 saturated heterocycles. The first kappa shape index (κ1) is 26.6. The lowest BCUT2D eigenvalue weighted by Gasteiger charge is -2.36. The molecule has 2 aromatic heterocycles. The topological polar surface area (TPSA) is 63.0 Å². The first-order valence-corrected chi connectivity index (χ1v) is 14.0. The van der Waals surface area contributed by atoms with Gasteiger partial charge in [0, 0.05) is 61.4 Å². The van der Waals surface area contributed by atoms with Gasteiger partial charge in [0.1, 0.15) is 11.6 Å². The highest BCUT2D eigenvalue weighted by Gasteiger charge is 2.26. The van der Waals surface area contributed by atoms with Crippen molar-refractivity contribution < 1.29 is 0 Å². The van der Waals surface area contributed by atoms with Gasteiger partial charge in [-0.2, -0.15) is 0 Å². The van der Waals surface area contributed by atoms with Crippen molar-refractivity contribution in [1.82, 2.24) is 29.6 Å². The number of rotatable bonds is 7. The molecule has 1 aliphatic rings. The number of nitrogens with zero attached hydrogens (tertiary/aromatic N) is 7. The van der Waals surface area contributed by atoms with Crippen molar-refractivity contribution in [2.45, 2.75) is 63.9 Å². The fourth-order valence-electron chi connectivity index (χ4n) is 4.25. The lowest BCUT2D eigenvalue weighted by atomic mass is 9.90. The molecule has 0 amide bonds. The van der Waals surface area contributed by atoms with Crippen molar-refractivity contribution in [1.29, 1.82) is 0 Å². The van der Waals surface area contributed by atoms with E-state index in [9.17, 15) is 0 Å². The second-order valence-corrected chi connectivity index (χ2v) is 12.8. The van der Waals surface area contributed by atoms with Gasteiger partial charge in [0.25, 0.3) is 0 Å². The van der Waals surface area contributed by atoms with Crippen molar-refractivity contribution >= 4 is 17.6 Å². The second-order valence-electron chi connectivity index (χ2n) is 11.7. The predicted octanol–water partition coefficient (Wildman–Crippen LogP) is 5.17.